The molecule has 2 aliphatic heterocycles. The predicted molar refractivity (Wildman–Crippen MR) is 82.2 cm³/mol. The molecule has 0 radical (unpaired) electrons. The summed E-state index contributed by atoms with van der Waals surface area (Å²) >= 11 is 0. The van der Waals surface area contributed by atoms with Gasteiger partial charge >= 0.3 is 5.97 Å². The van der Waals surface area contributed by atoms with Crippen molar-refractivity contribution in [1.82, 2.24) is 9.21 Å². The quantitative estimate of drug-likeness (QED) is 0.851. The molecular weight excluding hydrogens is 320 g/mol. The number of carboxylic acids is 1. The van der Waals surface area contributed by atoms with E-state index in [1.807, 2.05) is 12.1 Å². The molecule has 1 fully saturated rings. The summed E-state index contributed by atoms with van der Waals surface area (Å²) in [6.07, 6.45) is 1.07. The third kappa shape index (κ3) is 2.96. The third-order valence-corrected chi connectivity index (χ3v) is 6.26. The first-order chi connectivity index (χ1) is 10.9. The molecule has 124 valence electrons. The number of sulfonamides is 1. The molecule has 1 unspecified atom stereocenters. The van der Waals surface area contributed by atoms with Crippen LogP contribution in [0.25, 0.3) is 0 Å². The Bertz CT molecular complexity index is 746. The van der Waals surface area contributed by atoms with Crippen LogP contribution in [-0.2, 0) is 26.0 Å². The van der Waals surface area contributed by atoms with Gasteiger partial charge in [0.2, 0.25) is 15.9 Å². The van der Waals surface area contributed by atoms with Gasteiger partial charge in [-0.15, -0.1) is 0 Å². The van der Waals surface area contributed by atoms with Crippen LogP contribution in [0.15, 0.2) is 24.3 Å². The van der Waals surface area contributed by atoms with E-state index in [1.165, 1.54) is 4.90 Å². The van der Waals surface area contributed by atoms with Gasteiger partial charge in [-0.3, -0.25) is 4.79 Å². The molecule has 2 aliphatic rings. The van der Waals surface area contributed by atoms with E-state index < -0.39 is 27.9 Å². The largest absolute Gasteiger partial charge is 0.479 e. The highest BCUT2D eigenvalue weighted by molar-refractivity contribution is 7.89. The highest BCUT2D eigenvalue weighted by Crippen LogP contribution is 2.30. The summed E-state index contributed by atoms with van der Waals surface area (Å²) in [4.78, 5) is 25.5. The Labute approximate surface area is 134 Å². The van der Waals surface area contributed by atoms with Crippen molar-refractivity contribution >= 4 is 21.9 Å². The summed E-state index contributed by atoms with van der Waals surface area (Å²) < 4.78 is 24.8. The number of carbonyl (C=O) groups is 2. The number of nitrogens with zero attached hydrogens (tertiary/aromatic N) is 2. The Balaban J connectivity index is 1.84. The monoisotopic (exact) mass is 338 g/mol. The molecule has 1 amide bonds. The lowest BCUT2D eigenvalue weighted by atomic mass is 9.92. The van der Waals surface area contributed by atoms with Gasteiger partial charge in [-0.1, -0.05) is 24.3 Å². The summed E-state index contributed by atoms with van der Waals surface area (Å²) in [5, 5.41) is 9.54. The fourth-order valence-corrected chi connectivity index (χ4v) is 4.68. The van der Waals surface area contributed by atoms with Gasteiger partial charge in [-0.2, -0.15) is 4.31 Å². The van der Waals surface area contributed by atoms with E-state index in [9.17, 15) is 23.1 Å². The molecule has 3 rings (SSSR count). The third-order valence-electron chi connectivity index (χ3n) is 4.35. The molecule has 1 saturated heterocycles. The van der Waals surface area contributed by atoms with Crippen LogP contribution in [0.5, 0.6) is 0 Å². The fourth-order valence-electron chi connectivity index (χ4n) is 3.21. The lowest BCUT2D eigenvalue weighted by Crippen LogP contribution is -2.47. The van der Waals surface area contributed by atoms with E-state index >= 15 is 0 Å². The highest BCUT2D eigenvalue weighted by atomic mass is 32.2. The topological polar surface area (TPSA) is 95.0 Å². The van der Waals surface area contributed by atoms with Crippen molar-refractivity contribution in [3.8, 4) is 0 Å². The zero-order valence-electron chi connectivity index (χ0n) is 12.5. The van der Waals surface area contributed by atoms with Gasteiger partial charge in [-0.25, -0.2) is 13.2 Å². The number of carboxylic acid groups (broad SMARTS) is 1. The van der Waals surface area contributed by atoms with Crippen LogP contribution in [0.2, 0.25) is 0 Å². The molecule has 1 aromatic rings. The molecule has 0 aromatic heterocycles. The van der Waals surface area contributed by atoms with Crippen molar-refractivity contribution in [2.24, 2.45) is 0 Å². The molecule has 23 heavy (non-hydrogen) atoms. The number of fused-ring (bicyclic) bond motifs is 1. The molecule has 1 atom stereocenters. The summed E-state index contributed by atoms with van der Waals surface area (Å²) in [5.74, 6) is -1.52. The van der Waals surface area contributed by atoms with Gasteiger partial charge in [0.1, 0.15) is 0 Å². The van der Waals surface area contributed by atoms with Gasteiger partial charge in [0.25, 0.3) is 0 Å². The number of benzene rings is 1. The van der Waals surface area contributed by atoms with Gasteiger partial charge in [0.05, 0.1) is 12.3 Å². The number of amides is 1. The summed E-state index contributed by atoms with van der Waals surface area (Å²) in [5.41, 5.74) is 1.52. The number of aliphatic carboxylic acids is 1. The van der Waals surface area contributed by atoms with E-state index in [1.54, 1.807) is 12.1 Å². The maximum atomic E-state index is 12.5. The number of carbonyl (C=O) groups excluding carboxylic acids is 1. The Hall–Kier alpha value is -1.93. The van der Waals surface area contributed by atoms with Gasteiger partial charge in [0.15, 0.2) is 6.04 Å². The molecular formula is C15H18N2O5S. The maximum Gasteiger partial charge on any atom is 0.331 e. The van der Waals surface area contributed by atoms with E-state index in [2.05, 4.69) is 0 Å². The number of hydrogen-bond acceptors (Lipinski definition) is 4. The van der Waals surface area contributed by atoms with Crippen LogP contribution in [0, 0.1) is 0 Å². The van der Waals surface area contributed by atoms with Crippen LogP contribution < -0.4 is 0 Å². The molecule has 8 heteroatoms. The lowest BCUT2D eigenvalue weighted by Gasteiger charge is -2.35. The van der Waals surface area contributed by atoms with Crippen molar-refractivity contribution in [3.05, 3.63) is 35.4 Å². The molecule has 0 saturated carbocycles. The molecule has 7 nitrogen and oxygen atoms in total. The van der Waals surface area contributed by atoms with Crippen LogP contribution in [-0.4, -0.2) is 60.0 Å². The first-order valence-corrected chi connectivity index (χ1v) is 9.09. The fraction of sp³-hybridized carbons (Fsp3) is 0.467. The normalized spacial score (nSPS) is 23.5. The van der Waals surface area contributed by atoms with Crippen LogP contribution >= 0.6 is 0 Å². The lowest BCUT2D eigenvalue weighted by molar-refractivity contribution is -0.151. The van der Waals surface area contributed by atoms with E-state index in [-0.39, 0.29) is 18.8 Å². The average molecular weight is 338 g/mol. The van der Waals surface area contributed by atoms with Crippen molar-refractivity contribution in [2.75, 3.05) is 25.4 Å². The van der Waals surface area contributed by atoms with Crippen molar-refractivity contribution in [2.45, 2.75) is 18.9 Å². The first-order valence-electron chi connectivity index (χ1n) is 7.48. The van der Waals surface area contributed by atoms with Crippen LogP contribution in [0.3, 0.4) is 0 Å². The molecule has 1 N–H and O–H groups in total. The Morgan fingerprint density at radius 2 is 1.96 bits per heavy atom. The Morgan fingerprint density at radius 3 is 2.61 bits per heavy atom. The van der Waals surface area contributed by atoms with Crippen LogP contribution in [0.1, 0.15) is 23.6 Å². The molecule has 2 heterocycles. The maximum absolute atomic E-state index is 12.5. The molecule has 0 spiro atoms. The summed E-state index contributed by atoms with van der Waals surface area (Å²) in [7, 11) is -3.38. The zero-order chi connectivity index (χ0) is 16.6. The average Bonchev–Trinajstić information content (AvgIpc) is 2.84. The molecule has 1 aromatic carbocycles. The first kappa shape index (κ1) is 15.9. The minimum absolute atomic E-state index is 0.0471. The standard InChI is InChI=1S/C15H18N2O5S/c18-13(10-16-7-3-9-23(16,21)22)17-8-6-11-4-1-2-5-12(11)14(17)15(19)20/h1-2,4-5,14H,3,6-10H2,(H,19,20). The Kier molecular flexibility index (Phi) is 4.11. The molecule has 0 aliphatic carbocycles. The van der Waals surface area contributed by atoms with Gasteiger partial charge < -0.3 is 10.0 Å². The Morgan fingerprint density at radius 1 is 1.22 bits per heavy atom. The van der Waals surface area contributed by atoms with Gasteiger partial charge in [-0.05, 0) is 24.0 Å². The number of hydrogen-bond donors (Lipinski definition) is 1. The van der Waals surface area contributed by atoms with E-state index in [4.69, 9.17) is 0 Å². The second-order valence-electron chi connectivity index (χ2n) is 5.78. The molecule has 0 bridgehead atoms. The minimum Gasteiger partial charge on any atom is -0.479 e. The smallest absolute Gasteiger partial charge is 0.331 e. The SMILES string of the molecule is O=C(O)C1c2ccccc2CCN1C(=O)CN1CCCS1(=O)=O. The van der Waals surface area contributed by atoms with Crippen LogP contribution in [0.4, 0.5) is 0 Å². The summed E-state index contributed by atoms with van der Waals surface area (Å²) in [6.45, 7) is 0.311. The second kappa shape index (κ2) is 5.93. The summed E-state index contributed by atoms with van der Waals surface area (Å²) in [6, 6.07) is 6.09. The highest BCUT2D eigenvalue weighted by Gasteiger charge is 2.38. The number of rotatable bonds is 3. The predicted octanol–water partition coefficient (Wildman–Crippen LogP) is 0.233. The zero-order valence-corrected chi connectivity index (χ0v) is 13.3. The van der Waals surface area contributed by atoms with Crippen molar-refractivity contribution in [1.29, 1.82) is 0 Å². The van der Waals surface area contributed by atoms with E-state index in [0.29, 0.717) is 24.9 Å². The second-order valence-corrected chi connectivity index (χ2v) is 7.87. The van der Waals surface area contributed by atoms with E-state index in [0.717, 1.165) is 9.87 Å². The van der Waals surface area contributed by atoms with Crippen molar-refractivity contribution in [3.63, 3.8) is 0 Å². The minimum atomic E-state index is -3.38. The van der Waals surface area contributed by atoms with Crippen molar-refractivity contribution < 1.29 is 23.1 Å². The van der Waals surface area contributed by atoms with Gasteiger partial charge in [0, 0.05) is 13.1 Å².